The molecule has 3 nitrogen and oxygen atoms in total. The van der Waals surface area contributed by atoms with E-state index in [9.17, 15) is 9.90 Å². The maximum atomic E-state index is 11.4. The Kier molecular flexibility index (Phi) is 4.62. The average Bonchev–Trinajstić information content (AvgIpc) is 2.43. The molecular formula is C15H14O3S2. The second-order valence-electron chi connectivity index (χ2n) is 4.30. The van der Waals surface area contributed by atoms with Gasteiger partial charge in [0.2, 0.25) is 0 Å². The summed E-state index contributed by atoms with van der Waals surface area (Å²) in [6.45, 7) is 1.74. The zero-order chi connectivity index (χ0) is 14.7. The minimum atomic E-state index is -0.882. The number of rotatable bonds is 4. The van der Waals surface area contributed by atoms with Crippen LogP contribution in [0, 0.1) is 0 Å². The smallest absolute Gasteiger partial charge is 0.321 e. The molecule has 1 atom stereocenters. The summed E-state index contributed by atoms with van der Waals surface area (Å²) in [6.07, 6.45) is 0. The van der Waals surface area contributed by atoms with Crippen LogP contribution in [-0.4, -0.2) is 22.4 Å². The molecule has 2 aromatic carbocycles. The normalized spacial score (nSPS) is 12.1. The molecule has 0 radical (unpaired) electrons. The molecule has 0 spiro atoms. The summed E-state index contributed by atoms with van der Waals surface area (Å²) in [5.41, 5.74) is 0.740. The van der Waals surface area contributed by atoms with Crippen molar-refractivity contribution in [2.45, 2.75) is 12.2 Å². The lowest BCUT2D eigenvalue weighted by atomic mass is 10.0. The van der Waals surface area contributed by atoms with Crippen LogP contribution < -0.4 is 4.74 Å². The van der Waals surface area contributed by atoms with Gasteiger partial charge in [-0.2, -0.15) is 0 Å². The molecule has 0 saturated heterocycles. The third-order valence-electron chi connectivity index (χ3n) is 2.88. The molecule has 104 valence electrons. The Morgan fingerprint density at radius 3 is 2.50 bits per heavy atom. The molecule has 5 heteroatoms. The monoisotopic (exact) mass is 306 g/mol. The summed E-state index contributed by atoms with van der Waals surface area (Å²) in [7, 11) is 1.62. The second kappa shape index (κ2) is 6.24. The van der Waals surface area contributed by atoms with Crippen LogP contribution in [0.1, 0.15) is 17.7 Å². The maximum absolute atomic E-state index is 11.4. The van der Waals surface area contributed by atoms with Gasteiger partial charge in [0.1, 0.15) is 11.0 Å². The molecule has 0 aliphatic carbocycles. The van der Waals surface area contributed by atoms with E-state index in [0.29, 0.717) is 4.20 Å². The van der Waals surface area contributed by atoms with E-state index in [2.05, 4.69) is 0 Å². The van der Waals surface area contributed by atoms with Crippen molar-refractivity contribution in [1.29, 1.82) is 0 Å². The molecule has 0 saturated carbocycles. The van der Waals surface area contributed by atoms with Gasteiger partial charge in [-0.25, -0.2) is 0 Å². The second-order valence-corrected chi connectivity index (χ2v) is 6.49. The molecule has 2 aromatic rings. The van der Waals surface area contributed by atoms with Crippen molar-refractivity contribution < 1.29 is 14.6 Å². The van der Waals surface area contributed by atoms with E-state index in [0.717, 1.165) is 22.1 Å². The lowest BCUT2D eigenvalue weighted by molar-refractivity contribution is -0.136. The zero-order valence-electron chi connectivity index (χ0n) is 11.1. The third kappa shape index (κ3) is 3.29. The highest BCUT2D eigenvalue weighted by atomic mass is 32.2. The highest BCUT2D eigenvalue weighted by molar-refractivity contribution is 8.23. The molecule has 0 fully saturated rings. The maximum Gasteiger partial charge on any atom is 0.321 e. The first-order chi connectivity index (χ1) is 9.51. The van der Waals surface area contributed by atoms with Gasteiger partial charge in [-0.3, -0.25) is 4.79 Å². The topological polar surface area (TPSA) is 46.5 Å². The van der Waals surface area contributed by atoms with Crippen LogP contribution in [0.3, 0.4) is 0 Å². The first kappa shape index (κ1) is 14.8. The van der Waals surface area contributed by atoms with Crippen molar-refractivity contribution >= 4 is 44.9 Å². The Labute approximate surface area is 126 Å². The SMILES string of the molecule is COc1ccc2cc(C(SC(C)=S)C(=O)O)ccc2c1. The lowest BCUT2D eigenvalue weighted by Crippen LogP contribution is -2.09. The Balaban J connectivity index is 2.44. The summed E-state index contributed by atoms with van der Waals surface area (Å²) in [4.78, 5) is 11.4. The number of hydrogen-bond acceptors (Lipinski definition) is 4. The number of fused-ring (bicyclic) bond motifs is 1. The molecule has 0 bridgehead atoms. The molecule has 0 heterocycles. The number of carboxylic acid groups (broad SMARTS) is 1. The van der Waals surface area contributed by atoms with Crippen LogP contribution in [-0.2, 0) is 4.79 Å². The number of thiocarbonyl (C=S) groups is 1. The molecule has 1 unspecified atom stereocenters. The van der Waals surface area contributed by atoms with E-state index in [1.807, 2.05) is 36.4 Å². The Morgan fingerprint density at radius 2 is 1.90 bits per heavy atom. The molecule has 1 N–H and O–H groups in total. The number of benzene rings is 2. The number of aliphatic carboxylic acids is 1. The number of carbonyl (C=O) groups is 1. The van der Waals surface area contributed by atoms with Crippen molar-refractivity contribution in [2.24, 2.45) is 0 Å². The minimum absolute atomic E-state index is 0.618. The third-order valence-corrected chi connectivity index (χ3v) is 4.21. The largest absolute Gasteiger partial charge is 0.497 e. The van der Waals surface area contributed by atoms with E-state index in [-0.39, 0.29) is 0 Å². The van der Waals surface area contributed by atoms with Crippen LogP contribution in [0.15, 0.2) is 36.4 Å². The van der Waals surface area contributed by atoms with Gasteiger partial charge in [-0.15, -0.1) is 0 Å². The van der Waals surface area contributed by atoms with Gasteiger partial charge in [-0.1, -0.05) is 42.2 Å². The van der Waals surface area contributed by atoms with Gasteiger partial charge in [0, 0.05) is 4.20 Å². The number of thioether (sulfide) groups is 1. The number of carboxylic acids is 1. The van der Waals surface area contributed by atoms with E-state index in [4.69, 9.17) is 17.0 Å². The summed E-state index contributed by atoms with van der Waals surface area (Å²) < 4.78 is 5.79. The predicted molar refractivity (Wildman–Crippen MR) is 86.7 cm³/mol. The summed E-state index contributed by atoms with van der Waals surface area (Å²) in [5, 5.41) is 10.7. The highest BCUT2D eigenvalue weighted by Gasteiger charge is 2.21. The Morgan fingerprint density at radius 1 is 1.25 bits per heavy atom. The van der Waals surface area contributed by atoms with Crippen LogP contribution in [0.4, 0.5) is 0 Å². The standard InChI is InChI=1S/C15H14O3S2/c1-9(19)20-14(15(16)17)12-4-3-11-8-13(18-2)6-5-10(11)7-12/h3-8,14H,1-2H3,(H,16,17). The van der Waals surface area contributed by atoms with E-state index in [1.165, 1.54) is 11.8 Å². The van der Waals surface area contributed by atoms with Gasteiger partial charge >= 0.3 is 5.97 Å². The van der Waals surface area contributed by atoms with Crippen molar-refractivity contribution in [1.82, 2.24) is 0 Å². The zero-order valence-corrected chi connectivity index (χ0v) is 12.8. The summed E-state index contributed by atoms with van der Waals surface area (Å²) in [5.74, 6) is -0.101. The molecule has 0 aromatic heterocycles. The van der Waals surface area contributed by atoms with Crippen molar-refractivity contribution in [3.05, 3.63) is 42.0 Å². The van der Waals surface area contributed by atoms with Crippen LogP contribution in [0.5, 0.6) is 5.75 Å². The molecule has 0 aliphatic rings. The molecule has 20 heavy (non-hydrogen) atoms. The number of methoxy groups -OCH3 is 1. The number of ether oxygens (including phenoxy) is 1. The first-order valence-electron chi connectivity index (χ1n) is 5.99. The van der Waals surface area contributed by atoms with Crippen molar-refractivity contribution in [2.75, 3.05) is 7.11 Å². The van der Waals surface area contributed by atoms with Gasteiger partial charge < -0.3 is 9.84 Å². The van der Waals surface area contributed by atoms with Crippen LogP contribution >= 0.6 is 24.0 Å². The average molecular weight is 306 g/mol. The predicted octanol–water partition coefficient (Wildman–Crippen LogP) is 4.05. The molecular weight excluding hydrogens is 292 g/mol. The summed E-state index contributed by atoms with van der Waals surface area (Å²) >= 11 is 6.19. The van der Waals surface area contributed by atoms with E-state index in [1.54, 1.807) is 14.0 Å². The highest BCUT2D eigenvalue weighted by Crippen LogP contribution is 2.33. The van der Waals surface area contributed by atoms with Crippen LogP contribution in [0.25, 0.3) is 10.8 Å². The molecule has 0 amide bonds. The summed E-state index contributed by atoms with van der Waals surface area (Å²) in [6, 6.07) is 11.3. The quantitative estimate of drug-likeness (QED) is 0.863. The van der Waals surface area contributed by atoms with E-state index >= 15 is 0 Å². The number of hydrogen-bond donors (Lipinski definition) is 1. The fraction of sp³-hybridized carbons (Fsp3) is 0.200. The first-order valence-corrected chi connectivity index (χ1v) is 7.28. The Hall–Kier alpha value is -1.59. The van der Waals surface area contributed by atoms with Crippen molar-refractivity contribution in [3.63, 3.8) is 0 Å². The van der Waals surface area contributed by atoms with Gasteiger partial charge in [0.25, 0.3) is 0 Å². The Bertz CT molecular complexity index is 667. The van der Waals surface area contributed by atoms with E-state index < -0.39 is 11.2 Å². The minimum Gasteiger partial charge on any atom is -0.497 e. The van der Waals surface area contributed by atoms with Gasteiger partial charge in [0.15, 0.2) is 0 Å². The molecule has 2 rings (SSSR count). The fourth-order valence-corrected chi connectivity index (χ4v) is 2.96. The van der Waals surface area contributed by atoms with Gasteiger partial charge in [-0.05, 0) is 41.5 Å². The van der Waals surface area contributed by atoms with Crippen LogP contribution in [0.2, 0.25) is 0 Å². The fourth-order valence-electron chi connectivity index (χ4n) is 1.96. The molecule has 0 aliphatic heterocycles. The lowest BCUT2D eigenvalue weighted by Gasteiger charge is -2.12. The van der Waals surface area contributed by atoms with Crippen molar-refractivity contribution in [3.8, 4) is 5.75 Å². The van der Waals surface area contributed by atoms with Gasteiger partial charge in [0.05, 0.1) is 7.11 Å².